The van der Waals surface area contributed by atoms with E-state index in [1.165, 1.54) is 57.8 Å². The minimum atomic E-state index is 0.752. The summed E-state index contributed by atoms with van der Waals surface area (Å²) in [6.07, 6.45) is 30.8. The van der Waals surface area contributed by atoms with Crippen LogP contribution in [0.1, 0.15) is 135 Å². The van der Waals surface area contributed by atoms with Gasteiger partial charge in [-0.2, -0.15) is 0 Å². The Hall–Kier alpha value is 0.799. The van der Waals surface area contributed by atoms with Gasteiger partial charge in [0.05, 0.1) is 0 Å². The predicted molar refractivity (Wildman–Crippen MR) is 120 cm³/mol. The molecule has 0 saturated heterocycles. The first-order chi connectivity index (χ1) is 13.3. The van der Waals surface area contributed by atoms with Gasteiger partial charge in [0, 0.05) is 0 Å². The maximum atomic E-state index is 2.37. The summed E-state index contributed by atoms with van der Waals surface area (Å²) >= 11 is 1.96. The van der Waals surface area contributed by atoms with Gasteiger partial charge in [-0.05, 0) is 0 Å². The summed E-state index contributed by atoms with van der Waals surface area (Å²) in [5.41, 5.74) is 0. The third-order valence-electron chi connectivity index (χ3n) is 8.76. The van der Waals surface area contributed by atoms with Gasteiger partial charge in [-0.3, -0.25) is 0 Å². The molecule has 155 valence electrons. The SMILES string of the molecule is CCCCCCC(C1CCCCC1)[C]([Sn])(C1CCCCC1)C1CCCCC1. The minimum absolute atomic E-state index is 0.752. The fourth-order valence-electron chi connectivity index (χ4n) is 7.29. The molecule has 1 atom stereocenters. The number of unbranched alkanes of at least 4 members (excludes halogenated alkanes) is 3. The van der Waals surface area contributed by atoms with Crippen LogP contribution in [0.2, 0.25) is 3.43 Å². The van der Waals surface area contributed by atoms with Gasteiger partial charge in [0.2, 0.25) is 0 Å². The van der Waals surface area contributed by atoms with Gasteiger partial charge in [0.15, 0.2) is 0 Å². The second-order valence-electron chi connectivity index (χ2n) is 10.5. The fraction of sp³-hybridized carbons (Fsp3) is 1.00. The Morgan fingerprint density at radius 3 is 1.63 bits per heavy atom. The van der Waals surface area contributed by atoms with Gasteiger partial charge in [-0.25, -0.2) is 0 Å². The van der Waals surface area contributed by atoms with Crippen LogP contribution in [0, 0.1) is 23.7 Å². The van der Waals surface area contributed by atoms with E-state index in [1.54, 1.807) is 70.6 Å². The Kier molecular flexibility index (Phi) is 9.87. The van der Waals surface area contributed by atoms with Crippen LogP contribution in [-0.2, 0) is 0 Å². The predicted octanol–water partition coefficient (Wildman–Crippen LogP) is 8.64. The summed E-state index contributed by atoms with van der Waals surface area (Å²) in [5, 5.41) is 0. The van der Waals surface area contributed by atoms with Crippen molar-refractivity contribution in [2.24, 2.45) is 23.7 Å². The molecule has 3 rings (SSSR count). The first-order valence-electron chi connectivity index (χ1n) is 13.0. The molecule has 3 aliphatic carbocycles. The van der Waals surface area contributed by atoms with Crippen molar-refractivity contribution in [2.75, 3.05) is 0 Å². The van der Waals surface area contributed by atoms with Gasteiger partial charge < -0.3 is 0 Å². The Morgan fingerprint density at radius 2 is 1.15 bits per heavy atom. The number of rotatable bonds is 9. The monoisotopic (exact) mass is 479 g/mol. The van der Waals surface area contributed by atoms with Crippen LogP contribution in [0.25, 0.3) is 0 Å². The molecule has 0 spiro atoms. The van der Waals surface area contributed by atoms with Crippen molar-refractivity contribution in [3.05, 3.63) is 0 Å². The van der Waals surface area contributed by atoms with Crippen molar-refractivity contribution >= 4 is 22.5 Å². The van der Waals surface area contributed by atoms with Crippen molar-refractivity contribution in [3.8, 4) is 0 Å². The molecule has 27 heavy (non-hydrogen) atoms. The van der Waals surface area contributed by atoms with E-state index < -0.39 is 0 Å². The Balaban J connectivity index is 1.81. The standard InChI is InChI=1S/C26H47.Sn/c1-2-3-4-14-21-25(22-15-8-5-9-16-22)26(23-17-10-6-11-18-23)24-19-12-7-13-20-24;/h22-25H,2-21H2,1H3;. The van der Waals surface area contributed by atoms with E-state index >= 15 is 0 Å². The van der Waals surface area contributed by atoms with E-state index in [4.69, 9.17) is 0 Å². The number of hydrogen-bond donors (Lipinski definition) is 0. The van der Waals surface area contributed by atoms with Crippen LogP contribution < -0.4 is 0 Å². The van der Waals surface area contributed by atoms with Gasteiger partial charge in [0.1, 0.15) is 0 Å². The molecule has 3 radical (unpaired) electrons. The normalized spacial score (nSPS) is 25.6. The molecular formula is C26H47Sn. The van der Waals surface area contributed by atoms with E-state index in [1.807, 2.05) is 22.5 Å². The van der Waals surface area contributed by atoms with Gasteiger partial charge >= 0.3 is 185 Å². The van der Waals surface area contributed by atoms with E-state index in [0.29, 0.717) is 0 Å². The van der Waals surface area contributed by atoms with Gasteiger partial charge in [-0.1, -0.05) is 0 Å². The summed E-state index contributed by atoms with van der Waals surface area (Å²) in [4.78, 5) is 0. The zero-order valence-electron chi connectivity index (χ0n) is 18.5. The molecule has 0 aromatic carbocycles. The zero-order valence-corrected chi connectivity index (χ0v) is 21.3. The molecule has 0 bridgehead atoms. The first-order valence-corrected chi connectivity index (χ1v) is 14.4. The topological polar surface area (TPSA) is 0 Å². The molecule has 0 aromatic heterocycles. The molecule has 1 unspecified atom stereocenters. The molecule has 0 nitrogen and oxygen atoms in total. The summed E-state index contributed by atoms with van der Waals surface area (Å²) in [5.74, 6) is 4.35. The van der Waals surface area contributed by atoms with Crippen molar-refractivity contribution in [2.45, 2.75) is 139 Å². The molecule has 3 fully saturated rings. The molecule has 0 aromatic rings. The molecule has 0 amide bonds. The quantitative estimate of drug-likeness (QED) is 0.230. The van der Waals surface area contributed by atoms with Crippen LogP contribution in [-0.4, -0.2) is 22.5 Å². The van der Waals surface area contributed by atoms with Crippen LogP contribution in [0.5, 0.6) is 0 Å². The fourth-order valence-corrected chi connectivity index (χ4v) is 10.0. The van der Waals surface area contributed by atoms with Gasteiger partial charge in [0.25, 0.3) is 0 Å². The third-order valence-corrected chi connectivity index (χ3v) is 12.2. The first kappa shape index (κ1) is 22.5. The molecular weight excluding hydrogens is 431 g/mol. The molecule has 0 heterocycles. The molecule has 0 aliphatic heterocycles. The van der Waals surface area contributed by atoms with Crippen LogP contribution in [0.4, 0.5) is 0 Å². The second kappa shape index (κ2) is 11.8. The maximum absolute atomic E-state index is 2.37. The Bertz CT molecular complexity index is 367. The Morgan fingerprint density at radius 1 is 0.667 bits per heavy atom. The second-order valence-corrected chi connectivity index (χ2v) is 12.9. The van der Waals surface area contributed by atoms with Gasteiger partial charge in [-0.15, -0.1) is 0 Å². The number of hydrogen-bond acceptors (Lipinski definition) is 0. The van der Waals surface area contributed by atoms with E-state index in [0.717, 1.165) is 27.1 Å². The molecule has 1 heteroatoms. The van der Waals surface area contributed by atoms with E-state index in [2.05, 4.69) is 6.92 Å². The summed E-state index contributed by atoms with van der Waals surface area (Å²) in [7, 11) is 0. The summed E-state index contributed by atoms with van der Waals surface area (Å²) in [6.45, 7) is 2.37. The van der Waals surface area contributed by atoms with Crippen LogP contribution in [0.3, 0.4) is 0 Å². The van der Waals surface area contributed by atoms with E-state index in [9.17, 15) is 0 Å². The average Bonchev–Trinajstić information content (AvgIpc) is 2.75. The van der Waals surface area contributed by atoms with Crippen molar-refractivity contribution in [1.29, 1.82) is 0 Å². The average molecular weight is 478 g/mol. The van der Waals surface area contributed by atoms with Crippen molar-refractivity contribution < 1.29 is 0 Å². The third kappa shape index (κ3) is 5.91. The molecule has 3 saturated carbocycles. The van der Waals surface area contributed by atoms with Crippen LogP contribution in [0.15, 0.2) is 0 Å². The molecule has 3 aliphatic rings. The zero-order chi connectivity index (χ0) is 19.0. The summed E-state index contributed by atoms with van der Waals surface area (Å²) in [6, 6.07) is 0. The van der Waals surface area contributed by atoms with Crippen LogP contribution >= 0.6 is 0 Å². The Labute approximate surface area is 184 Å². The van der Waals surface area contributed by atoms with Crippen molar-refractivity contribution in [3.63, 3.8) is 0 Å². The van der Waals surface area contributed by atoms with Crippen molar-refractivity contribution in [1.82, 2.24) is 0 Å². The van der Waals surface area contributed by atoms with E-state index in [-0.39, 0.29) is 0 Å². The molecule has 0 N–H and O–H groups in total. The summed E-state index contributed by atoms with van der Waals surface area (Å²) < 4.78 is 0.752.